The fourth-order valence-electron chi connectivity index (χ4n) is 1.04. The standard InChI is InChI=1S/C7H14O3/c8-2-1-6(4-9)3-7-5-10-7/h6-9H,1-5H2. The van der Waals surface area contributed by atoms with Crippen LogP contribution < -0.4 is 0 Å². The highest BCUT2D eigenvalue weighted by atomic mass is 16.6. The van der Waals surface area contributed by atoms with Gasteiger partial charge in [-0.2, -0.15) is 0 Å². The second-order valence-electron chi connectivity index (χ2n) is 2.75. The van der Waals surface area contributed by atoms with Crippen LogP contribution in [-0.4, -0.2) is 36.1 Å². The van der Waals surface area contributed by atoms with E-state index in [4.69, 9.17) is 14.9 Å². The van der Waals surface area contributed by atoms with Gasteiger partial charge in [-0.25, -0.2) is 0 Å². The van der Waals surface area contributed by atoms with Crippen LogP contribution in [0.5, 0.6) is 0 Å². The van der Waals surface area contributed by atoms with Crippen molar-refractivity contribution in [1.29, 1.82) is 0 Å². The quantitative estimate of drug-likeness (QED) is 0.527. The summed E-state index contributed by atoms with van der Waals surface area (Å²) < 4.78 is 4.99. The zero-order valence-corrected chi connectivity index (χ0v) is 5.99. The first-order valence-electron chi connectivity index (χ1n) is 3.70. The van der Waals surface area contributed by atoms with Crippen LogP contribution in [0.15, 0.2) is 0 Å². The zero-order chi connectivity index (χ0) is 7.40. The maximum Gasteiger partial charge on any atom is 0.0813 e. The highest BCUT2D eigenvalue weighted by molar-refractivity contribution is 4.73. The molecule has 0 spiro atoms. The van der Waals surface area contributed by atoms with Crippen molar-refractivity contribution in [2.75, 3.05) is 19.8 Å². The Morgan fingerprint density at radius 3 is 2.60 bits per heavy atom. The molecule has 1 aliphatic rings. The fraction of sp³-hybridized carbons (Fsp3) is 1.00. The van der Waals surface area contributed by atoms with Crippen molar-refractivity contribution in [2.45, 2.75) is 18.9 Å². The smallest absolute Gasteiger partial charge is 0.0813 e. The number of hydrogen-bond donors (Lipinski definition) is 2. The summed E-state index contributed by atoms with van der Waals surface area (Å²) in [4.78, 5) is 0. The van der Waals surface area contributed by atoms with Gasteiger partial charge in [0.15, 0.2) is 0 Å². The van der Waals surface area contributed by atoms with E-state index < -0.39 is 0 Å². The van der Waals surface area contributed by atoms with E-state index >= 15 is 0 Å². The maximum absolute atomic E-state index is 8.77. The molecule has 1 fully saturated rings. The number of aliphatic hydroxyl groups excluding tert-OH is 2. The lowest BCUT2D eigenvalue weighted by atomic mass is 10.0. The van der Waals surface area contributed by atoms with Crippen LogP contribution in [0.4, 0.5) is 0 Å². The fourth-order valence-corrected chi connectivity index (χ4v) is 1.04. The average molecular weight is 146 g/mol. The molecular weight excluding hydrogens is 132 g/mol. The number of epoxide rings is 1. The molecule has 0 aromatic heterocycles. The molecule has 60 valence electrons. The SMILES string of the molecule is OCCC(CO)CC1CO1. The molecule has 2 atom stereocenters. The molecule has 1 rings (SSSR count). The van der Waals surface area contributed by atoms with Gasteiger partial charge in [-0.1, -0.05) is 0 Å². The molecule has 0 aromatic carbocycles. The number of ether oxygens (including phenoxy) is 1. The average Bonchev–Trinajstić information content (AvgIpc) is 2.71. The van der Waals surface area contributed by atoms with Gasteiger partial charge in [0, 0.05) is 13.2 Å². The normalized spacial score (nSPS) is 26.4. The second kappa shape index (κ2) is 3.91. The molecule has 1 heterocycles. The molecule has 0 amide bonds. The summed E-state index contributed by atoms with van der Waals surface area (Å²) in [6, 6.07) is 0. The van der Waals surface area contributed by atoms with Crippen LogP contribution in [0.3, 0.4) is 0 Å². The molecular formula is C7H14O3. The van der Waals surface area contributed by atoms with E-state index in [0.717, 1.165) is 13.0 Å². The van der Waals surface area contributed by atoms with Gasteiger partial charge in [-0.15, -0.1) is 0 Å². The third-order valence-corrected chi connectivity index (χ3v) is 1.79. The van der Waals surface area contributed by atoms with Crippen LogP contribution in [0, 0.1) is 5.92 Å². The molecule has 0 bridgehead atoms. The Bertz CT molecular complexity index is 90.9. The molecule has 2 unspecified atom stereocenters. The molecule has 0 aliphatic carbocycles. The minimum Gasteiger partial charge on any atom is -0.396 e. The first-order valence-corrected chi connectivity index (χ1v) is 3.70. The van der Waals surface area contributed by atoms with E-state index in [0.29, 0.717) is 12.5 Å². The summed E-state index contributed by atoms with van der Waals surface area (Å²) in [5, 5.41) is 17.3. The van der Waals surface area contributed by atoms with Gasteiger partial charge in [-0.05, 0) is 18.8 Å². The first-order chi connectivity index (χ1) is 4.86. The first kappa shape index (κ1) is 7.98. The minimum atomic E-state index is 0.165. The third-order valence-electron chi connectivity index (χ3n) is 1.79. The lowest BCUT2D eigenvalue weighted by Crippen LogP contribution is -2.10. The van der Waals surface area contributed by atoms with Crippen LogP contribution in [0.2, 0.25) is 0 Å². The van der Waals surface area contributed by atoms with Gasteiger partial charge >= 0.3 is 0 Å². The molecule has 3 nitrogen and oxygen atoms in total. The van der Waals surface area contributed by atoms with Gasteiger partial charge in [0.1, 0.15) is 0 Å². The van der Waals surface area contributed by atoms with Crippen molar-refractivity contribution in [3.05, 3.63) is 0 Å². The van der Waals surface area contributed by atoms with Crippen LogP contribution in [0.25, 0.3) is 0 Å². The van der Waals surface area contributed by atoms with E-state index in [1.165, 1.54) is 0 Å². The van der Waals surface area contributed by atoms with Gasteiger partial charge < -0.3 is 14.9 Å². The topological polar surface area (TPSA) is 53.0 Å². The maximum atomic E-state index is 8.77. The molecule has 3 heteroatoms. The molecule has 0 aromatic rings. The third kappa shape index (κ3) is 2.64. The highest BCUT2D eigenvalue weighted by Crippen LogP contribution is 2.20. The summed E-state index contributed by atoms with van der Waals surface area (Å²) in [6.07, 6.45) is 1.96. The van der Waals surface area contributed by atoms with E-state index in [2.05, 4.69) is 0 Å². The summed E-state index contributed by atoms with van der Waals surface area (Å²) >= 11 is 0. The Morgan fingerprint density at radius 1 is 1.50 bits per heavy atom. The van der Waals surface area contributed by atoms with E-state index in [1.54, 1.807) is 0 Å². The van der Waals surface area contributed by atoms with Crippen molar-refractivity contribution in [1.82, 2.24) is 0 Å². The van der Waals surface area contributed by atoms with Gasteiger partial charge in [0.25, 0.3) is 0 Å². The van der Waals surface area contributed by atoms with Crippen molar-refractivity contribution < 1.29 is 14.9 Å². The predicted molar refractivity (Wildman–Crippen MR) is 36.6 cm³/mol. The summed E-state index contributed by atoms with van der Waals surface area (Å²) in [5.41, 5.74) is 0. The monoisotopic (exact) mass is 146 g/mol. The number of hydrogen-bond acceptors (Lipinski definition) is 3. The van der Waals surface area contributed by atoms with E-state index in [-0.39, 0.29) is 19.1 Å². The summed E-state index contributed by atoms with van der Waals surface area (Å²) in [5.74, 6) is 0.234. The Kier molecular flexibility index (Phi) is 3.12. The van der Waals surface area contributed by atoms with Crippen molar-refractivity contribution >= 4 is 0 Å². The van der Waals surface area contributed by atoms with Gasteiger partial charge in [-0.3, -0.25) is 0 Å². The van der Waals surface area contributed by atoms with Crippen molar-refractivity contribution in [3.63, 3.8) is 0 Å². The van der Waals surface area contributed by atoms with Crippen LogP contribution in [-0.2, 0) is 4.74 Å². The van der Waals surface area contributed by atoms with Crippen LogP contribution >= 0.6 is 0 Å². The second-order valence-corrected chi connectivity index (χ2v) is 2.75. The van der Waals surface area contributed by atoms with Crippen molar-refractivity contribution in [2.24, 2.45) is 5.92 Å². The Morgan fingerprint density at radius 2 is 2.20 bits per heavy atom. The van der Waals surface area contributed by atoms with E-state index in [9.17, 15) is 0 Å². The lowest BCUT2D eigenvalue weighted by molar-refractivity contribution is 0.168. The molecule has 1 aliphatic heterocycles. The van der Waals surface area contributed by atoms with Gasteiger partial charge in [0.05, 0.1) is 12.7 Å². The Hall–Kier alpha value is -0.120. The van der Waals surface area contributed by atoms with Crippen LogP contribution in [0.1, 0.15) is 12.8 Å². The highest BCUT2D eigenvalue weighted by Gasteiger charge is 2.25. The summed E-state index contributed by atoms with van der Waals surface area (Å²) in [7, 11) is 0. The molecule has 0 radical (unpaired) electrons. The largest absolute Gasteiger partial charge is 0.396 e. The number of rotatable bonds is 5. The zero-order valence-electron chi connectivity index (χ0n) is 5.99. The molecule has 0 saturated carbocycles. The summed E-state index contributed by atoms with van der Waals surface area (Å²) in [6.45, 7) is 1.17. The molecule has 1 saturated heterocycles. The Balaban J connectivity index is 2.05. The Labute approximate surface area is 60.6 Å². The van der Waals surface area contributed by atoms with E-state index in [1.807, 2.05) is 0 Å². The van der Waals surface area contributed by atoms with Gasteiger partial charge in [0.2, 0.25) is 0 Å². The number of aliphatic hydroxyl groups is 2. The molecule has 10 heavy (non-hydrogen) atoms. The molecule has 2 N–H and O–H groups in total. The van der Waals surface area contributed by atoms with Crippen molar-refractivity contribution in [3.8, 4) is 0 Å². The minimum absolute atomic E-state index is 0.165. The lowest BCUT2D eigenvalue weighted by Gasteiger charge is -2.09. The predicted octanol–water partition coefficient (Wildman–Crippen LogP) is -0.234.